The van der Waals surface area contributed by atoms with Gasteiger partial charge in [-0.15, -0.1) is 0 Å². The maximum atomic E-state index is 12.5. The normalized spacial score (nSPS) is 22.1. The van der Waals surface area contributed by atoms with E-state index in [1.807, 2.05) is 6.92 Å². The summed E-state index contributed by atoms with van der Waals surface area (Å²) in [5.74, 6) is 0. The molecule has 0 radical (unpaired) electrons. The maximum absolute atomic E-state index is 12.5. The largest absolute Gasteiger partial charge is 0.398 e. The van der Waals surface area contributed by atoms with Crippen molar-refractivity contribution in [2.45, 2.75) is 57.4 Å². The molecule has 1 saturated carbocycles. The molecule has 0 bridgehead atoms. The van der Waals surface area contributed by atoms with Crippen LogP contribution in [0.1, 0.15) is 45.6 Å². The Balaban J connectivity index is 2.25. The fourth-order valence-corrected chi connectivity index (χ4v) is 4.34. The van der Waals surface area contributed by atoms with Crippen LogP contribution in [0.3, 0.4) is 0 Å². The van der Waals surface area contributed by atoms with Crippen LogP contribution in [0.15, 0.2) is 23.1 Å². The van der Waals surface area contributed by atoms with Crippen molar-refractivity contribution in [3.63, 3.8) is 0 Å². The van der Waals surface area contributed by atoms with E-state index in [9.17, 15) is 8.42 Å². The lowest BCUT2D eigenvalue weighted by molar-refractivity contribution is 0.313. The van der Waals surface area contributed by atoms with Crippen LogP contribution >= 0.6 is 0 Å². The third-order valence-electron chi connectivity index (χ3n) is 4.36. The fourth-order valence-electron chi connectivity index (χ4n) is 2.86. The molecule has 2 rings (SSSR count). The lowest BCUT2D eigenvalue weighted by Crippen LogP contribution is -2.41. The Kier molecular flexibility index (Phi) is 4.12. The van der Waals surface area contributed by atoms with E-state index >= 15 is 0 Å². The number of nitrogen functional groups attached to an aromatic ring is 1. The van der Waals surface area contributed by atoms with Crippen LogP contribution in [-0.2, 0) is 16.4 Å². The zero-order chi connectivity index (χ0) is 15.0. The highest BCUT2D eigenvalue weighted by molar-refractivity contribution is 7.89. The molecule has 0 saturated heterocycles. The van der Waals surface area contributed by atoms with E-state index in [0.717, 1.165) is 31.2 Å². The molecule has 0 amide bonds. The molecular formula is C15H24N2O2S. The second-order valence-corrected chi connectivity index (χ2v) is 7.98. The first kappa shape index (κ1) is 15.3. The van der Waals surface area contributed by atoms with Gasteiger partial charge < -0.3 is 5.73 Å². The van der Waals surface area contributed by atoms with Gasteiger partial charge in [0.1, 0.15) is 0 Å². The Labute approximate surface area is 121 Å². The van der Waals surface area contributed by atoms with Crippen LogP contribution in [0.2, 0.25) is 0 Å². The number of anilines is 1. The summed E-state index contributed by atoms with van der Waals surface area (Å²) in [6, 6.07) is 4.99. The molecule has 1 aliphatic carbocycles. The minimum Gasteiger partial charge on any atom is -0.398 e. The van der Waals surface area contributed by atoms with E-state index in [-0.39, 0.29) is 16.4 Å². The fraction of sp³-hybridized carbons (Fsp3) is 0.600. The zero-order valence-corrected chi connectivity index (χ0v) is 13.3. The molecule has 0 aromatic heterocycles. The molecule has 1 aromatic rings. The molecule has 0 heterocycles. The van der Waals surface area contributed by atoms with Crippen LogP contribution in [0.25, 0.3) is 0 Å². The number of nitrogens with one attached hydrogen (secondary N) is 1. The summed E-state index contributed by atoms with van der Waals surface area (Å²) in [5, 5.41) is 0. The molecule has 3 N–H and O–H groups in total. The number of sulfonamides is 1. The van der Waals surface area contributed by atoms with Crippen LogP contribution < -0.4 is 10.5 Å². The summed E-state index contributed by atoms with van der Waals surface area (Å²) in [5.41, 5.74) is 7.43. The number of hydrogen-bond donors (Lipinski definition) is 2. The third kappa shape index (κ3) is 2.99. The molecule has 5 heteroatoms. The van der Waals surface area contributed by atoms with Gasteiger partial charge in [0, 0.05) is 11.7 Å². The standard InChI is InChI=1S/C15H24N2O2S/c1-4-11-7-8-12(10-13(11)16)20(18,19)17-14-6-5-9-15(14,2)3/h7-8,10,14,17H,4-6,9,16H2,1-3H3. The lowest BCUT2D eigenvalue weighted by Gasteiger charge is -2.27. The number of nitrogens with two attached hydrogens (primary N) is 1. The third-order valence-corrected chi connectivity index (χ3v) is 5.83. The van der Waals surface area contributed by atoms with Crippen molar-refractivity contribution in [2.24, 2.45) is 5.41 Å². The minimum absolute atomic E-state index is 0.000392. The summed E-state index contributed by atoms with van der Waals surface area (Å²) >= 11 is 0. The van der Waals surface area contributed by atoms with Crippen LogP contribution in [0, 0.1) is 5.41 Å². The van der Waals surface area contributed by atoms with Crippen molar-refractivity contribution >= 4 is 15.7 Å². The zero-order valence-electron chi connectivity index (χ0n) is 12.4. The second-order valence-electron chi connectivity index (χ2n) is 6.27. The first-order valence-electron chi connectivity index (χ1n) is 7.17. The smallest absolute Gasteiger partial charge is 0.240 e. The number of hydrogen-bond acceptors (Lipinski definition) is 3. The molecule has 1 fully saturated rings. The van der Waals surface area contributed by atoms with Crippen LogP contribution in [-0.4, -0.2) is 14.5 Å². The predicted molar refractivity (Wildman–Crippen MR) is 82.0 cm³/mol. The number of rotatable bonds is 4. The monoisotopic (exact) mass is 296 g/mol. The van der Waals surface area contributed by atoms with E-state index in [1.54, 1.807) is 18.2 Å². The molecule has 20 heavy (non-hydrogen) atoms. The molecular weight excluding hydrogens is 272 g/mol. The maximum Gasteiger partial charge on any atom is 0.240 e. The van der Waals surface area contributed by atoms with E-state index in [2.05, 4.69) is 18.6 Å². The molecule has 1 aliphatic rings. The average molecular weight is 296 g/mol. The Morgan fingerprint density at radius 2 is 2.10 bits per heavy atom. The van der Waals surface area contributed by atoms with Crippen molar-refractivity contribution < 1.29 is 8.42 Å². The Bertz CT molecular complexity index is 594. The van der Waals surface area contributed by atoms with Gasteiger partial charge in [0.15, 0.2) is 0 Å². The van der Waals surface area contributed by atoms with E-state index in [1.165, 1.54) is 0 Å². The Hall–Kier alpha value is -1.07. The highest BCUT2D eigenvalue weighted by Crippen LogP contribution is 2.38. The van der Waals surface area contributed by atoms with Crippen LogP contribution in [0.4, 0.5) is 5.69 Å². The summed E-state index contributed by atoms with van der Waals surface area (Å²) in [4.78, 5) is 0.259. The highest BCUT2D eigenvalue weighted by atomic mass is 32.2. The SMILES string of the molecule is CCc1ccc(S(=O)(=O)NC2CCCC2(C)C)cc1N. The predicted octanol–water partition coefficient (Wildman–Crippen LogP) is 2.69. The summed E-state index contributed by atoms with van der Waals surface area (Å²) in [6.07, 6.45) is 3.82. The van der Waals surface area contributed by atoms with Gasteiger partial charge in [0.2, 0.25) is 10.0 Å². The number of benzene rings is 1. The first-order chi connectivity index (χ1) is 9.26. The molecule has 0 spiro atoms. The van der Waals surface area contributed by atoms with Gasteiger partial charge in [0.25, 0.3) is 0 Å². The van der Waals surface area contributed by atoms with Gasteiger partial charge in [-0.2, -0.15) is 0 Å². The Morgan fingerprint density at radius 3 is 2.60 bits per heavy atom. The van der Waals surface area contributed by atoms with Crippen molar-refractivity contribution in [1.82, 2.24) is 4.72 Å². The summed E-state index contributed by atoms with van der Waals surface area (Å²) in [6.45, 7) is 6.22. The van der Waals surface area contributed by atoms with Gasteiger partial charge in [-0.3, -0.25) is 0 Å². The summed E-state index contributed by atoms with van der Waals surface area (Å²) in [7, 11) is -3.49. The molecule has 1 unspecified atom stereocenters. The van der Waals surface area contributed by atoms with E-state index in [4.69, 9.17) is 5.73 Å². The van der Waals surface area contributed by atoms with E-state index < -0.39 is 10.0 Å². The molecule has 0 aliphatic heterocycles. The average Bonchev–Trinajstić information content (AvgIpc) is 2.68. The van der Waals surface area contributed by atoms with Gasteiger partial charge >= 0.3 is 0 Å². The molecule has 1 aromatic carbocycles. The molecule has 112 valence electrons. The second kappa shape index (κ2) is 5.37. The van der Waals surface area contributed by atoms with Crippen molar-refractivity contribution in [3.05, 3.63) is 23.8 Å². The van der Waals surface area contributed by atoms with Gasteiger partial charge in [-0.05, 0) is 42.4 Å². The summed E-state index contributed by atoms with van der Waals surface area (Å²) < 4.78 is 27.8. The van der Waals surface area contributed by atoms with Gasteiger partial charge in [-0.1, -0.05) is 33.3 Å². The molecule has 1 atom stereocenters. The topological polar surface area (TPSA) is 72.2 Å². The van der Waals surface area contributed by atoms with Crippen molar-refractivity contribution in [1.29, 1.82) is 0 Å². The quantitative estimate of drug-likeness (QED) is 0.839. The highest BCUT2D eigenvalue weighted by Gasteiger charge is 2.37. The molecule has 4 nitrogen and oxygen atoms in total. The van der Waals surface area contributed by atoms with Crippen molar-refractivity contribution in [2.75, 3.05) is 5.73 Å². The van der Waals surface area contributed by atoms with Gasteiger partial charge in [-0.25, -0.2) is 13.1 Å². The first-order valence-corrected chi connectivity index (χ1v) is 8.65. The lowest BCUT2D eigenvalue weighted by atomic mass is 9.88. The van der Waals surface area contributed by atoms with Crippen LogP contribution in [0.5, 0.6) is 0 Å². The minimum atomic E-state index is -3.49. The Morgan fingerprint density at radius 1 is 1.40 bits per heavy atom. The van der Waals surface area contributed by atoms with Crippen molar-refractivity contribution in [3.8, 4) is 0 Å². The van der Waals surface area contributed by atoms with Gasteiger partial charge in [0.05, 0.1) is 4.90 Å². The number of aryl methyl sites for hydroxylation is 1. The van der Waals surface area contributed by atoms with E-state index in [0.29, 0.717) is 5.69 Å².